The molecule has 0 aliphatic carbocycles. The Morgan fingerprint density at radius 1 is 0.354 bits per heavy atom. The van der Waals surface area contributed by atoms with Gasteiger partial charge in [-0.05, 0) is 122 Å². The summed E-state index contributed by atoms with van der Waals surface area (Å²) in [6.45, 7) is 21.9. The van der Waals surface area contributed by atoms with Crippen molar-refractivity contribution in [3.05, 3.63) is 136 Å². The van der Waals surface area contributed by atoms with Gasteiger partial charge in [-0.3, -0.25) is 0 Å². The lowest BCUT2D eigenvalue weighted by molar-refractivity contribution is 0.400. The third kappa shape index (κ3) is 15.0. The molecular weight excluding hydrogens is 1750 g/mol. The quantitative estimate of drug-likeness (QED) is 0.0441. The number of hydrogen-bond acceptors (Lipinski definition) is 2. The summed E-state index contributed by atoms with van der Waals surface area (Å²) < 4.78 is 16.3. The lowest BCUT2D eigenvalue weighted by Crippen LogP contribution is -2.12. The number of aromatic amines is 3. The van der Waals surface area contributed by atoms with Gasteiger partial charge in [0.05, 0.1) is 49.7 Å². The number of H-pyrrole nitrogens is 3. The van der Waals surface area contributed by atoms with Crippen molar-refractivity contribution in [3.63, 3.8) is 0 Å². The second-order valence-electron chi connectivity index (χ2n) is 26.6. The molecule has 0 saturated heterocycles. The number of nitrogens with one attached hydrogen (secondary N) is 3. The Balaban J connectivity index is 0.000000184. The maximum Gasteiger partial charge on any atom is 0.0614 e. The van der Waals surface area contributed by atoms with Crippen molar-refractivity contribution in [1.82, 2.24) is 28.7 Å². The van der Waals surface area contributed by atoms with Gasteiger partial charge in [0, 0.05) is 163 Å². The van der Waals surface area contributed by atoms with Crippen LogP contribution in [0.3, 0.4) is 0 Å². The molecule has 6 heterocycles. The summed E-state index contributed by atoms with van der Waals surface area (Å²) in [7, 11) is 0.917. The fraction of sp³-hybridized carbons (Fsp3) is 0.400. The van der Waals surface area contributed by atoms with Crippen LogP contribution in [0.25, 0.3) is 131 Å². The molecule has 4 atom stereocenters. The van der Waals surface area contributed by atoms with Crippen LogP contribution in [0.5, 0.6) is 0 Å². The summed E-state index contributed by atoms with van der Waals surface area (Å²) in [5.74, 6) is 2.85. The predicted molar refractivity (Wildman–Crippen MR) is 460 cm³/mol. The van der Waals surface area contributed by atoms with Crippen LogP contribution >= 0.6 is 118 Å². The van der Waals surface area contributed by atoms with E-state index in [0.717, 1.165) is 94.4 Å². The zero-order valence-corrected chi connectivity index (χ0v) is 70.7. The Morgan fingerprint density at radius 3 is 0.833 bits per heavy atom. The molecule has 506 valence electrons. The number of alkyl halides is 1. The molecule has 14 aromatic rings. The van der Waals surface area contributed by atoms with Gasteiger partial charge in [-0.2, -0.15) is 0 Å². The van der Waals surface area contributed by atoms with Gasteiger partial charge in [0.1, 0.15) is 0 Å². The molecule has 6 nitrogen and oxygen atoms in total. The Bertz CT molecular complexity index is 4600. The minimum Gasteiger partial charge on any atom is -0.354 e. The van der Waals surface area contributed by atoms with Crippen LogP contribution in [0.2, 0.25) is 0 Å². The third-order valence-corrected chi connectivity index (χ3v) is 24.7. The van der Waals surface area contributed by atoms with E-state index in [1.165, 1.54) is 205 Å². The Hall–Kier alpha value is -3.17. The first-order chi connectivity index (χ1) is 46.6. The van der Waals surface area contributed by atoms with Crippen molar-refractivity contribution in [3.8, 4) is 0 Å². The van der Waals surface area contributed by atoms with Gasteiger partial charge in [0.25, 0.3) is 0 Å². The number of nitrogens with zero attached hydrogens (tertiary/aromatic N) is 3. The van der Waals surface area contributed by atoms with E-state index < -0.39 is 0 Å². The molecule has 0 spiro atoms. The first kappa shape index (κ1) is 74.0. The molecule has 3 N–H and O–H groups in total. The van der Waals surface area contributed by atoms with Crippen LogP contribution in [0, 0.1) is 23.7 Å². The van der Waals surface area contributed by atoms with Gasteiger partial charge in [0.2, 0.25) is 0 Å². The number of aromatic nitrogens is 6. The molecule has 0 radical (unpaired) electrons. The summed E-state index contributed by atoms with van der Waals surface area (Å²) in [6.07, 6.45) is 20.5. The summed E-state index contributed by atoms with van der Waals surface area (Å²) in [5, 5.41) is 15.8. The number of benzene rings is 8. The molecular formula is C80H89Br6IN6S3. The molecule has 16 heteroatoms. The average Bonchev–Trinajstić information content (AvgIpc) is 1.52. The van der Waals surface area contributed by atoms with E-state index in [-0.39, 0.29) is 0 Å². The van der Waals surface area contributed by atoms with E-state index in [9.17, 15) is 0 Å². The van der Waals surface area contributed by atoms with Gasteiger partial charge in [-0.25, -0.2) is 0 Å². The Kier molecular flexibility index (Phi) is 26.0. The second-order valence-corrected chi connectivity index (χ2v) is 34.7. The number of halogens is 7. The van der Waals surface area contributed by atoms with E-state index in [0.29, 0.717) is 17.8 Å². The zero-order chi connectivity index (χ0) is 68.1. The Labute approximate surface area is 643 Å². The lowest BCUT2D eigenvalue weighted by Gasteiger charge is -2.20. The zero-order valence-electron chi connectivity index (χ0n) is 56.6. The molecule has 0 bridgehead atoms. The highest BCUT2D eigenvalue weighted by atomic mass is 127. The first-order valence-corrected chi connectivity index (χ1v) is 44.0. The lowest BCUT2D eigenvalue weighted by atomic mass is 9.98. The third-order valence-electron chi connectivity index (χ3n) is 20.5. The van der Waals surface area contributed by atoms with Crippen LogP contribution in [-0.4, -0.2) is 33.1 Å². The van der Waals surface area contributed by atoms with Gasteiger partial charge in [-0.1, -0.05) is 287 Å². The van der Waals surface area contributed by atoms with Crippen LogP contribution in [0.15, 0.2) is 136 Å². The van der Waals surface area contributed by atoms with Crippen LogP contribution in [-0.2, 0) is 50.9 Å². The Morgan fingerprint density at radius 2 is 0.594 bits per heavy atom. The summed E-state index contributed by atoms with van der Waals surface area (Å²) >= 11 is 33.4. The van der Waals surface area contributed by atoms with E-state index in [4.69, 9.17) is 0 Å². The maximum atomic E-state index is 4.12. The number of rotatable bonds is 23. The van der Waals surface area contributed by atoms with E-state index in [1.807, 2.05) is 0 Å². The van der Waals surface area contributed by atoms with Crippen molar-refractivity contribution >= 4 is 280 Å². The summed E-state index contributed by atoms with van der Waals surface area (Å²) in [5.41, 5.74) is 15.2. The van der Waals surface area contributed by atoms with E-state index in [1.54, 1.807) is 0 Å². The van der Waals surface area contributed by atoms with Crippen molar-refractivity contribution in [1.29, 1.82) is 0 Å². The topological polar surface area (TPSA) is 62.2 Å². The van der Waals surface area contributed by atoms with Crippen LogP contribution in [0.4, 0.5) is 0 Å². The average molecular weight is 1840 g/mol. The first-order valence-electron chi connectivity index (χ1n) is 35.0. The number of hydrogen-bond donors (Lipinski definition) is 3. The van der Waals surface area contributed by atoms with Crippen molar-refractivity contribution < 1.29 is 0 Å². The molecule has 4 unspecified atom stereocenters. The highest BCUT2D eigenvalue weighted by Crippen LogP contribution is 2.51. The van der Waals surface area contributed by atoms with E-state index in [2.05, 4.69) is 334 Å². The molecule has 14 rings (SSSR count). The minimum absolute atomic E-state index is 0.620. The van der Waals surface area contributed by atoms with Crippen LogP contribution < -0.4 is 0 Å². The summed E-state index contributed by atoms with van der Waals surface area (Å²) in [4.78, 5) is 11.1. The standard InChI is InChI=1S/C48H60Br3N3.C24H12Br3N3.C8H17I.S3/c1-7-13-16-31(10-4)28-52-40-25-34(49)19-22-37(40)43-46(52)44-38-23-20-35(50)26-41(38)53(29-32(11-5)17-14-8-2)48(44)45-39-24-21-36(51)27-42(39)54(47(43)45)30-33(12-6)18-15-9-3;25-10-1-4-13-16(7-10)28-22-19(13)23-21(14-5-2-11(26)8-17(14)29-23)24-20(22)15-6-3-12(27)9-18(15)30-24;1-3-5-6-8(4-2)7-9;1-3-2/h19-27,31-33H,7-18,28-30H2,1-6H3;1-9,28-30H;8H,3-7H2,1-2H3;. The SMILES string of the molecule is Brc1ccc2c(c1)[nH]c1c2c2[nH]c3cc(Br)ccc3c2c2[nH]c3cc(Br)ccc3c12.CCCCC(CC)CI.CCCCC(CC)Cn1c2cc(Br)ccc2c2c1c1c3ccc(Br)cc3n(CC(CC)CCCC)c1c1c3ccc(Br)cc3n(CC(CC)CCCC)c21.S=S=S. The second kappa shape index (κ2) is 33.7. The molecule has 8 aromatic carbocycles. The predicted octanol–water partition coefficient (Wildman–Crippen LogP) is 29.5. The van der Waals surface area contributed by atoms with Gasteiger partial charge < -0.3 is 28.7 Å². The maximum absolute atomic E-state index is 4.12. The number of fused-ring (bicyclic) bond motifs is 24. The van der Waals surface area contributed by atoms with Gasteiger partial charge in [0.15, 0.2) is 0 Å². The van der Waals surface area contributed by atoms with Gasteiger partial charge >= 0.3 is 0 Å². The van der Waals surface area contributed by atoms with Crippen molar-refractivity contribution in [2.45, 2.75) is 178 Å². The fourth-order valence-electron chi connectivity index (χ4n) is 15.3. The molecule has 0 saturated carbocycles. The summed E-state index contributed by atoms with van der Waals surface area (Å²) in [6, 6.07) is 40.6. The normalized spacial score (nSPS) is 13.3. The highest BCUT2D eigenvalue weighted by Gasteiger charge is 2.30. The molecule has 0 aliphatic rings. The number of unbranched alkanes of at least 4 members (excludes halogenated alkanes) is 4. The van der Waals surface area contributed by atoms with Crippen LogP contribution in [0.1, 0.15) is 158 Å². The monoisotopic (exact) mass is 1830 g/mol. The molecule has 0 amide bonds. The fourth-order valence-corrected chi connectivity index (χ4v) is 18.5. The molecule has 0 aliphatic heterocycles. The minimum atomic E-state index is 0.620. The molecule has 6 aromatic heterocycles. The largest absolute Gasteiger partial charge is 0.354 e. The molecule has 0 fully saturated rings. The highest BCUT2D eigenvalue weighted by molar-refractivity contribution is 14.1. The van der Waals surface area contributed by atoms with Crippen molar-refractivity contribution in [2.75, 3.05) is 4.43 Å². The van der Waals surface area contributed by atoms with Crippen molar-refractivity contribution in [2.24, 2.45) is 23.7 Å². The molecule has 96 heavy (non-hydrogen) atoms. The van der Waals surface area contributed by atoms with E-state index >= 15 is 0 Å². The van der Waals surface area contributed by atoms with Gasteiger partial charge in [-0.15, -0.1) is 0 Å². The smallest absolute Gasteiger partial charge is 0.0614 e.